The van der Waals surface area contributed by atoms with Crippen LogP contribution in [-0.4, -0.2) is 25.6 Å². The second kappa shape index (κ2) is 5.15. The van der Waals surface area contributed by atoms with E-state index < -0.39 is 10.0 Å². The molecule has 1 heterocycles. The van der Waals surface area contributed by atoms with E-state index in [1.165, 1.54) is 17.8 Å². The summed E-state index contributed by atoms with van der Waals surface area (Å²) in [5.74, 6) is -0.108. The zero-order valence-corrected chi connectivity index (χ0v) is 12.6. The summed E-state index contributed by atoms with van der Waals surface area (Å²) in [6.45, 7) is 5.33. The van der Waals surface area contributed by atoms with Crippen LogP contribution >= 0.6 is 11.8 Å². The third kappa shape index (κ3) is 3.10. The van der Waals surface area contributed by atoms with Gasteiger partial charge in [0.1, 0.15) is 0 Å². The number of carbonyl (C=O) groups excluding carboxylic acids is 1. The number of fused-ring (bicyclic) bond motifs is 1. The van der Waals surface area contributed by atoms with Crippen molar-refractivity contribution in [2.24, 2.45) is 0 Å². The van der Waals surface area contributed by atoms with Gasteiger partial charge in [0.05, 0.1) is 15.8 Å². The highest BCUT2D eigenvalue weighted by Crippen LogP contribution is 2.36. The van der Waals surface area contributed by atoms with E-state index in [0.717, 1.165) is 4.90 Å². The second-order valence-corrected chi connectivity index (χ2v) is 7.78. The Hall–Kier alpha value is -1.05. The van der Waals surface area contributed by atoms with Crippen molar-refractivity contribution in [3.8, 4) is 0 Å². The topological polar surface area (TPSA) is 75.3 Å². The van der Waals surface area contributed by atoms with Crippen LogP contribution in [0.3, 0.4) is 0 Å². The lowest BCUT2D eigenvalue weighted by Crippen LogP contribution is -2.31. The van der Waals surface area contributed by atoms with Crippen molar-refractivity contribution in [3.63, 3.8) is 0 Å². The number of carbonyl (C=O) groups is 1. The van der Waals surface area contributed by atoms with Gasteiger partial charge in [-0.2, -0.15) is 0 Å². The number of rotatable bonds is 3. The lowest BCUT2D eigenvalue weighted by atomic mass is 10.3. The number of benzene rings is 1. The first-order chi connectivity index (χ1) is 8.79. The molecule has 0 saturated heterocycles. The fourth-order valence-corrected chi connectivity index (χ4v) is 3.94. The smallest absolute Gasteiger partial charge is 0.240 e. The molecule has 2 rings (SSSR count). The Morgan fingerprint density at radius 3 is 2.68 bits per heavy atom. The van der Waals surface area contributed by atoms with Crippen LogP contribution in [0, 0.1) is 0 Å². The molecule has 0 bridgehead atoms. The van der Waals surface area contributed by atoms with E-state index in [4.69, 9.17) is 0 Å². The lowest BCUT2D eigenvalue weighted by Gasteiger charge is -2.22. The molecule has 0 spiro atoms. The van der Waals surface area contributed by atoms with E-state index in [0.29, 0.717) is 5.69 Å². The van der Waals surface area contributed by atoms with Crippen molar-refractivity contribution in [3.05, 3.63) is 18.2 Å². The number of nitrogens with one attached hydrogen (secondary N) is 2. The van der Waals surface area contributed by atoms with Crippen molar-refractivity contribution >= 4 is 33.4 Å². The Morgan fingerprint density at radius 1 is 1.37 bits per heavy atom. The Balaban J connectivity index is 2.37. The Kier molecular flexibility index (Phi) is 3.89. The van der Waals surface area contributed by atoms with Gasteiger partial charge in [-0.05, 0) is 39.0 Å². The zero-order valence-electron chi connectivity index (χ0n) is 10.9. The molecule has 1 aromatic rings. The predicted octanol–water partition coefficient (Wildman–Crippen LogP) is 1.81. The van der Waals surface area contributed by atoms with Gasteiger partial charge in [0.15, 0.2) is 0 Å². The normalized spacial score (nSPS) is 19.2. The van der Waals surface area contributed by atoms with Crippen LogP contribution < -0.4 is 10.0 Å². The van der Waals surface area contributed by atoms with E-state index in [2.05, 4.69) is 10.0 Å². The van der Waals surface area contributed by atoms with Gasteiger partial charge in [0.2, 0.25) is 15.9 Å². The molecule has 0 fully saturated rings. The molecule has 2 N–H and O–H groups in total. The molecule has 7 heteroatoms. The molecule has 1 atom stereocenters. The van der Waals surface area contributed by atoms with Gasteiger partial charge in [-0.1, -0.05) is 0 Å². The van der Waals surface area contributed by atoms with E-state index >= 15 is 0 Å². The molecule has 1 unspecified atom stereocenters. The Labute approximate surface area is 117 Å². The lowest BCUT2D eigenvalue weighted by molar-refractivity contribution is -0.115. The Morgan fingerprint density at radius 2 is 2.05 bits per heavy atom. The first-order valence-corrected chi connectivity index (χ1v) is 8.30. The average molecular weight is 300 g/mol. The van der Waals surface area contributed by atoms with E-state index in [1.54, 1.807) is 26.0 Å². The third-order valence-corrected chi connectivity index (χ3v) is 5.42. The minimum atomic E-state index is -3.53. The van der Waals surface area contributed by atoms with Crippen LogP contribution in [0.25, 0.3) is 0 Å². The van der Waals surface area contributed by atoms with Gasteiger partial charge in [0.25, 0.3) is 0 Å². The van der Waals surface area contributed by atoms with E-state index in [9.17, 15) is 13.2 Å². The maximum Gasteiger partial charge on any atom is 0.240 e. The van der Waals surface area contributed by atoms with Crippen molar-refractivity contribution in [1.29, 1.82) is 0 Å². The van der Waals surface area contributed by atoms with Crippen LogP contribution in [0.2, 0.25) is 0 Å². The highest BCUT2D eigenvalue weighted by molar-refractivity contribution is 8.01. The first kappa shape index (κ1) is 14.4. The monoisotopic (exact) mass is 300 g/mol. The molecular formula is C12H16N2O3S2. The largest absolute Gasteiger partial charge is 0.324 e. The molecule has 1 aliphatic rings. The van der Waals surface area contributed by atoms with Gasteiger partial charge in [-0.3, -0.25) is 4.79 Å². The summed E-state index contributed by atoms with van der Waals surface area (Å²) < 4.78 is 26.6. The third-order valence-electron chi connectivity index (χ3n) is 2.58. The molecular weight excluding hydrogens is 284 g/mol. The highest BCUT2D eigenvalue weighted by atomic mass is 32.2. The molecule has 1 amide bonds. The number of thioether (sulfide) groups is 1. The number of hydrogen-bond donors (Lipinski definition) is 2. The molecule has 104 valence electrons. The zero-order chi connectivity index (χ0) is 14.2. The average Bonchev–Trinajstić information content (AvgIpc) is 2.28. The molecule has 1 aromatic carbocycles. The number of amides is 1. The maximum atomic E-state index is 12.0. The van der Waals surface area contributed by atoms with Crippen LogP contribution in [0.1, 0.15) is 20.8 Å². The molecule has 19 heavy (non-hydrogen) atoms. The van der Waals surface area contributed by atoms with Gasteiger partial charge in [-0.15, -0.1) is 11.8 Å². The van der Waals surface area contributed by atoms with Crippen LogP contribution in [0.5, 0.6) is 0 Å². The van der Waals surface area contributed by atoms with Crippen LogP contribution in [0.4, 0.5) is 5.69 Å². The quantitative estimate of drug-likeness (QED) is 0.892. The number of anilines is 1. The number of hydrogen-bond acceptors (Lipinski definition) is 4. The molecule has 0 aromatic heterocycles. The summed E-state index contributed by atoms with van der Waals surface area (Å²) in [4.78, 5) is 12.6. The molecule has 0 aliphatic carbocycles. The van der Waals surface area contributed by atoms with Crippen molar-refractivity contribution < 1.29 is 13.2 Å². The number of sulfonamides is 1. The second-order valence-electron chi connectivity index (χ2n) is 4.68. The minimum Gasteiger partial charge on any atom is -0.324 e. The van der Waals surface area contributed by atoms with E-state index in [1.807, 2.05) is 6.92 Å². The summed E-state index contributed by atoms with van der Waals surface area (Å²) in [6, 6.07) is 4.60. The summed E-state index contributed by atoms with van der Waals surface area (Å²) in [5.41, 5.74) is 0.555. The molecule has 0 radical (unpaired) electrons. The van der Waals surface area contributed by atoms with Crippen LogP contribution in [-0.2, 0) is 14.8 Å². The molecule has 0 saturated carbocycles. The first-order valence-electron chi connectivity index (χ1n) is 5.93. The van der Waals surface area contributed by atoms with Gasteiger partial charge >= 0.3 is 0 Å². The fraction of sp³-hybridized carbons (Fsp3) is 0.417. The van der Waals surface area contributed by atoms with Gasteiger partial charge in [-0.25, -0.2) is 13.1 Å². The van der Waals surface area contributed by atoms with Crippen molar-refractivity contribution in [2.75, 3.05) is 5.32 Å². The summed E-state index contributed by atoms with van der Waals surface area (Å²) >= 11 is 1.43. The maximum absolute atomic E-state index is 12.0. The predicted molar refractivity (Wildman–Crippen MR) is 75.8 cm³/mol. The molecule has 1 aliphatic heterocycles. The van der Waals surface area contributed by atoms with E-state index in [-0.39, 0.29) is 22.1 Å². The van der Waals surface area contributed by atoms with Gasteiger partial charge < -0.3 is 5.32 Å². The summed E-state index contributed by atoms with van der Waals surface area (Å²) in [6.07, 6.45) is 0. The van der Waals surface area contributed by atoms with Crippen molar-refractivity contribution in [2.45, 2.75) is 41.9 Å². The fourth-order valence-electron chi connectivity index (χ4n) is 1.73. The summed E-state index contributed by atoms with van der Waals surface area (Å²) in [5, 5.41) is 2.56. The standard InChI is InChI=1S/C12H16N2O3S2/c1-7(2)14-19(16,17)9-4-5-11-10(6-9)13-12(15)8(3)18-11/h4-8,14H,1-3H3,(H,13,15). The molecule has 5 nitrogen and oxygen atoms in total. The van der Waals surface area contributed by atoms with Crippen molar-refractivity contribution in [1.82, 2.24) is 4.72 Å². The minimum absolute atomic E-state index is 0.108. The van der Waals surface area contributed by atoms with Gasteiger partial charge in [0, 0.05) is 10.9 Å². The summed E-state index contributed by atoms with van der Waals surface area (Å²) in [7, 11) is -3.53. The SMILES string of the molecule is CC(C)NS(=O)(=O)c1ccc2c(c1)NC(=O)C(C)S2. The highest BCUT2D eigenvalue weighted by Gasteiger charge is 2.25. The Bertz CT molecular complexity index is 611. The van der Waals surface area contributed by atoms with Crippen LogP contribution in [0.15, 0.2) is 28.0 Å².